The summed E-state index contributed by atoms with van der Waals surface area (Å²) in [5.41, 5.74) is 9.32. The Morgan fingerprint density at radius 3 is 2.47 bits per heavy atom. The van der Waals surface area contributed by atoms with Crippen LogP contribution in [0.4, 0.5) is 10.8 Å². The van der Waals surface area contributed by atoms with Gasteiger partial charge in [-0.2, -0.15) is 5.10 Å². The van der Waals surface area contributed by atoms with Crippen molar-refractivity contribution in [3.8, 4) is 21.8 Å². The average molecular weight is 272 g/mol. The molecule has 3 aromatic rings. The van der Waals surface area contributed by atoms with Gasteiger partial charge >= 0.3 is 0 Å². The largest absolute Gasteiger partial charge is 0.396 e. The molecule has 0 aliphatic rings. The first-order chi connectivity index (χ1) is 9.28. The minimum Gasteiger partial charge on any atom is -0.396 e. The van der Waals surface area contributed by atoms with Crippen molar-refractivity contribution in [2.75, 3.05) is 18.1 Å². The van der Waals surface area contributed by atoms with E-state index < -0.39 is 0 Å². The van der Waals surface area contributed by atoms with Crippen molar-refractivity contribution in [3.05, 3.63) is 30.5 Å². The molecule has 0 unspecified atom stereocenters. The van der Waals surface area contributed by atoms with Gasteiger partial charge in [0.2, 0.25) is 5.13 Å². The van der Waals surface area contributed by atoms with E-state index in [9.17, 15) is 0 Å². The summed E-state index contributed by atoms with van der Waals surface area (Å²) in [5, 5.41) is 19.6. The number of nitrogens with zero attached hydrogens (tertiary/aromatic N) is 3. The van der Waals surface area contributed by atoms with Gasteiger partial charge in [0.25, 0.3) is 0 Å². The van der Waals surface area contributed by atoms with E-state index in [-0.39, 0.29) is 0 Å². The van der Waals surface area contributed by atoms with Crippen LogP contribution in [0.1, 0.15) is 0 Å². The average Bonchev–Trinajstić information content (AvgIpc) is 3.07. The SMILES string of the molecule is CNc1nnc(-c2ccc(-c3[nH]ncc3N)cc2)s1. The number of nitrogen functional groups attached to an aromatic ring is 1. The standard InChI is InChI=1S/C12H12N6S/c1-14-12-18-17-11(19-12)8-4-2-7(3-5-8)10-9(13)6-15-16-10/h2-6H,13H2,1H3,(H,14,18)(H,15,16). The number of benzene rings is 1. The molecule has 0 spiro atoms. The lowest BCUT2D eigenvalue weighted by Crippen LogP contribution is -1.86. The Bertz CT molecular complexity index is 684. The summed E-state index contributed by atoms with van der Waals surface area (Å²) in [4.78, 5) is 0. The summed E-state index contributed by atoms with van der Waals surface area (Å²) in [6.45, 7) is 0. The van der Waals surface area contributed by atoms with E-state index in [4.69, 9.17) is 5.73 Å². The Hall–Kier alpha value is -2.41. The summed E-state index contributed by atoms with van der Waals surface area (Å²) in [5.74, 6) is 0. The molecule has 2 aromatic heterocycles. The highest BCUT2D eigenvalue weighted by Gasteiger charge is 2.08. The molecule has 0 saturated carbocycles. The number of aromatic amines is 1. The van der Waals surface area contributed by atoms with Crippen LogP contribution >= 0.6 is 11.3 Å². The summed E-state index contributed by atoms with van der Waals surface area (Å²) < 4.78 is 0. The molecular formula is C12H12N6S. The normalized spacial score (nSPS) is 10.6. The van der Waals surface area contributed by atoms with Gasteiger partial charge in [-0.05, 0) is 0 Å². The van der Waals surface area contributed by atoms with Crippen molar-refractivity contribution in [1.29, 1.82) is 0 Å². The molecule has 0 radical (unpaired) electrons. The molecule has 0 saturated heterocycles. The maximum atomic E-state index is 5.82. The van der Waals surface area contributed by atoms with Crippen LogP contribution in [0.15, 0.2) is 30.5 Å². The summed E-state index contributed by atoms with van der Waals surface area (Å²) >= 11 is 1.51. The van der Waals surface area contributed by atoms with Gasteiger partial charge in [-0.3, -0.25) is 5.10 Å². The lowest BCUT2D eigenvalue weighted by atomic mass is 10.1. The van der Waals surface area contributed by atoms with Gasteiger partial charge in [0.05, 0.1) is 17.6 Å². The second-order valence-electron chi connectivity index (χ2n) is 3.94. The van der Waals surface area contributed by atoms with Crippen LogP contribution in [-0.2, 0) is 0 Å². The number of hydrogen-bond acceptors (Lipinski definition) is 6. The van der Waals surface area contributed by atoms with Gasteiger partial charge < -0.3 is 11.1 Å². The van der Waals surface area contributed by atoms with E-state index in [0.29, 0.717) is 5.69 Å². The van der Waals surface area contributed by atoms with Crippen molar-refractivity contribution in [1.82, 2.24) is 20.4 Å². The molecule has 0 aliphatic carbocycles. The second-order valence-corrected chi connectivity index (χ2v) is 4.92. The monoisotopic (exact) mass is 272 g/mol. The Balaban J connectivity index is 1.92. The van der Waals surface area contributed by atoms with Gasteiger partial charge in [0, 0.05) is 18.2 Å². The highest BCUT2D eigenvalue weighted by Crippen LogP contribution is 2.29. The molecule has 0 fully saturated rings. The van der Waals surface area contributed by atoms with Crippen molar-refractivity contribution in [2.45, 2.75) is 0 Å². The number of anilines is 2. The highest BCUT2D eigenvalue weighted by atomic mass is 32.1. The van der Waals surface area contributed by atoms with Crippen molar-refractivity contribution in [2.24, 2.45) is 0 Å². The third-order valence-corrected chi connectivity index (χ3v) is 3.72. The van der Waals surface area contributed by atoms with Gasteiger partial charge in [0.15, 0.2) is 0 Å². The summed E-state index contributed by atoms with van der Waals surface area (Å²) in [6.07, 6.45) is 1.60. The topological polar surface area (TPSA) is 92.5 Å². The van der Waals surface area contributed by atoms with Gasteiger partial charge in [0.1, 0.15) is 5.01 Å². The van der Waals surface area contributed by atoms with Gasteiger partial charge in [-0.15, -0.1) is 10.2 Å². The summed E-state index contributed by atoms with van der Waals surface area (Å²) in [7, 11) is 1.83. The molecule has 96 valence electrons. The maximum absolute atomic E-state index is 5.82. The van der Waals surface area contributed by atoms with Crippen LogP contribution in [0, 0.1) is 0 Å². The molecule has 6 nitrogen and oxygen atoms in total. The second kappa shape index (κ2) is 4.69. The zero-order valence-corrected chi connectivity index (χ0v) is 11.0. The van der Waals surface area contributed by atoms with E-state index >= 15 is 0 Å². The number of nitrogens with one attached hydrogen (secondary N) is 2. The van der Waals surface area contributed by atoms with E-state index in [0.717, 1.165) is 27.0 Å². The predicted octanol–water partition coefficient (Wildman–Crippen LogP) is 2.22. The number of nitrogens with two attached hydrogens (primary N) is 1. The zero-order chi connectivity index (χ0) is 13.2. The fourth-order valence-electron chi connectivity index (χ4n) is 1.75. The number of rotatable bonds is 3. The third-order valence-electron chi connectivity index (χ3n) is 2.73. The molecule has 0 amide bonds. The number of H-pyrrole nitrogens is 1. The Labute approximate surface area is 113 Å². The molecule has 3 rings (SSSR count). The van der Waals surface area contributed by atoms with Crippen molar-refractivity contribution in [3.63, 3.8) is 0 Å². The van der Waals surface area contributed by atoms with E-state index in [1.54, 1.807) is 6.20 Å². The maximum Gasteiger partial charge on any atom is 0.205 e. The van der Waals surface area contributed by atoms with Crippen LogP contribution in [0.5, 0.6) is 0 Å². The molecular weight excluding hydrogens is 260 g/mol. The van der Waals surface area contributed by atoms with E-state index in [2.05, 4.69) is 25.7 Å². The minimum absolute atomic E-state index is 0.640. The molecule has 2 heterocycles. The fraction of sp³-hybridized carbons (Fsp3) is 0.0833. The van der Waals surface area contributed by atoms with Gasteiger partial charge in [-0.25, -0.2) is 0 Å². The number of aromatic nitrogens is 4. The van der Waals surface area contributed by atoms with E-state index in [1.807, 2.05) is 31.3 Å². The first kappa shape index (κ1) is 11.7. The summed E-state index contributed by atoms with van der Waals surface area (Å²) in [6, 6.07) is 7.96. The zero-order valence-electron chi connectivity index (χ0n) is 10.2. The quantitative estimate of drug-likeness (QED) is 0.680. The molecule has 19 heavy (non-hydrogen) atoms. The predicted molar refractivity (Wildman–Crippen MR) is 76.9 cm³/mol. The lowest BCUT2D eigenvalue weighted by Gasteiger charge is -2.00. The lowest BCUT2D eigenvalue weighted by molar-refractivity contribution is 1.09. The number of hydrogen-bond donors (Lipinski definition) is 3. The third kappa shape index (κ3) is 2.15. The molecule has 7 heteroatoms. The highest BCUT2D eigenvalue weighted by molar-refractivity contribution is 7.18. The van der Waals surface area contributed by atoms with Crippen LogP contribution in [-0.4, -0.2) is 27.4 Å². The smallest absolute Gasteiger partial charge is 0.205 e. The van der Waals surface area contributed by atoms with Crippen molar-refractivity contribution >= 4 is 22.2 Å². The Morgan fingerprint density at radius 2 is 1.89 bits per heavy atom. The van der Waals surface area contributed by atoms with E-state index in [1.165, 1.54) is 11.3 Å². The van der Waals surface area contributed by atoms with Crippen LogP contribution in [0.25, 0.3) is 21.8 Å². The molecule has 0 bridgehead atoms. The molecule has 0 atom stereocenters. The molecule has 4 N–H and O–H groups in total. The van der Waals surface area contributed by atoms with Crippen LogP contribution < -0.4 is 11.1 Å². The van der Waals surface area contributed by atoms with Crippen molar-refractivity contribution < 1.29 is 0 Å². The van der Waals surface area contributed by atoms with Gasteiger partial charge in [-0.1, -0.05) is 35.6 Å². The Kier molecular flexibility index (Phi) is 2.88. The first-order valence-electron chi connectivity index (χ1n) is 5.69. The first-order valence-corrected chi connectivity index (χ1v) is 6.50. The minimum atomic E-state index is 0.640. The molecule has 1 aromatic carbocycles. The fourth-order valence-corrected chi connectivity index (χ4v) is 2.45. The Morgan fingerprint density at radius 1 is 1.16 bits per heavy atom. The molecule has 0 aliphatic heterocycles. The van der Waals surface area contributed by atoms with Crippen LogP contribution in [0.3, 0.4) is 0 Å². The van der Waals surface area contributed by atoms with Crippen LogP contribution in [0.2, 0.25) is 0 Å².